The third-order valence-corrected chi connectivity index (χ3v) is 4.33. The molecule has 1 fully saturated rings. The van der Waals surface area contributed by atoms with Crippen LogP contribution in [0.3, 0.4) is 0 Å². The minimum Gasteiger partial charge on any atom is -0.351 e. The highest BCUT2D eigenvalue weighted by molar-refractivity contribution is 8.18. The first-order chi connectivity index (χ1) is 10.6. The van der Waals surface area contributed by atoms with E-state index in [0.29, 0.717) is 10.5 Å². The van der Waals surface area contributed by atoms with E-state index < -0.39 is 5.82 Å². The van der Waals surface area contributed by atoms with Crippen molar-refractivity contribution in [3.05, 3.63) is 64.6 Å². The Morgan fingerprint density at radius 3 is 2.64 bits per heavy atom. The van der Waals surface area contributed by atoms with Crippen molar-refractivity contribution >= 4 is 29.0 Å². The smallest absolute Gasteiger partial charge is 0.293 e. The monoisotopic (exact) mass is 316 g/mol. The Morgan fingerprint density at radius 1 is 1.18 bits per heavy atom. The number of carbonyl (C=O) groups excluding carboxylic acids is 2. The van der Waals surface area contributed by atoms with Crippen LogP contribution < -0.4 is 0 Å². The molecule has 0 N–H and O–H groups in total. The minimum atomic E-state index is -0.423. The maximum atomic E-state index is 13.7. The standard InChI is InChI=1S/C16H13FN2O2S/c1-18-8-4-6-12(18)9-14-15(20)19(16(21)22-14)10-11-5-2-3-7-13(11)17/h2-9H,10H2,1H3/b14-9+. The molecule has 0 radical (unpaired) electrons. The fraction of sp³-hybridized carbons (Fsp3) is 0.125. The molecule has 0 unspecified atom stereocenters. The Labute approximate surface area is 131 Å². The zero-order valence-electron chi connectivity index (χ0n) is 11.8. The van der Waals surface area contributed by atoms with Gasteiger partial charge in [-0.2, -0.15) is 0 Å². The molecule has 2 amide bonds. The van der Waals surface area contributed by atoms with E-state index in [4.69, 9.17) is 0 Å². The molecule has 1 aromatic heterocycles. The van der Waals surface area contributed by atoms with Crippen LogP contribution in [0.25, 0.3) is 6.08 Å². The summed E-state index contributed by atoms with van der Waals surface area (Å²) in [5, 5.41) is -0.381. The van der Waals surface area contributed by atoms with Gasteiger partial charge < -0.3 is 4.57 Å². The molecule has 112 valence electrons. The summed E-state index contributed by atoms with van der Waals surface area (Å²) in [5.74, 6) is -0.813. The van der Waals surface area contributed by atoms with Crippen molar-refractivity contribution in [3.63, 3.8) is 0 Å². The van der Waals surface area contributed by atoms with Crippen molar-refractivity contribution < 1.29 is 14.0 Å². The van der Waals surface area contributed by atoms with Gasteiger partial charge in [0.2, 0.25) is 0 Å². The molecule has 1 aliphatic rings. The molecule has 0 spiro atoms. The molecule has 6 heteroatoms. The Kier molecular flexibility index (Phi) is 3.85. The summed E-state index contributed by atoms with van der Waals surface area (Å²) < 4.78 is 15.5. The molecule has 2 heterocycles. The number of rotatable bonds is 3. The molecular weight excluding hydrogens is 303 g/mol. The molecule has 0 saturated carbocycles. The Bertz CT molecular complexity index is 782. The molecule has 0 atom stereocenters. The van der Waals surface area contributed by atoms with Crippen molar-refractivity contribution in [2.24, 2.45) is 7.05 Å². The molecule has 2 aromatic rings. The molecule has 0 bridgehead atoms. The van der Waals surface area contributed by atoms with E-state index in [9.17, 15) is 14.0 Å². The van der Waals surface area contributed by atoms with Gasteiger partial charge in [-0.25, -0.2) is 4.39 Å². The summed E-state index contributed by atoms with van der Waals surface area (Å²) in [5.41, 5.74) is 1.15. The molecular formula is C16H13FN2O2S. The van der Waals surface area contributed by atoms with Gasteiger partial charge in [0, 0.05) is 24.5 Å². The highest BCUT2D eigenvalue weighted by atomic mass is 32.2. The van der Waals surface area contributed by atoms with Gasteiger partial charge >= 0.3 is 0 Å². The lowest BCUT2D eigenvalue weighted by molar-refractivity contribution is -0.123. The van der Waals surface area contributed by atoms with Crippen LogP contribution in [-0.4, -0.2) is 20.6 Å². The van der Waals surface area contributed by atoms with Gasteiger partial charge in [-0.15, -0.1) is 0 Å². The first kappa shape index (κ1) is 14.6. The van der Waals surface area contributed by atoms with E-state index in [1.807, 2.05) is 29.9 Å². The predicted octanol–water partition coefficient (Wildman–Crippen LogP) is 3.40. The minimum absolute atomic E-state index is 0.0538. The van der Waals surface area contributed by atoms with Crippen LogP contribution in [0.2, 0.25) is 0 Å². The Hall–Kier alpha value is -2.34. The number of carbonyl (C=O) groups is 2. The highest BCUT2D eigenvalue weighted by Crippen LogP contribution is 2.33. The second-order valence-electron chi connectivity index (χ2n) is 4.90. The summed E-state index contributed by atoms with van der Waals surface area (Å²) in [6.45, 7) is -0.0538. The van der Waals surface area contributed by atoms with E-state index in [1.54, 1.807) is 24.3 Å². The second-order valence-corrected chi connectivity index (χ2v) is 5.90. The van der Waals surface area contributed by atoms with Gasteiger partial charge in [-0.3, -0.25) is 14.5 Å². The number of thioether (sulfide) groups is 1. The van der Waals surface area contributed by atoms with Crippen LogP contribution in [0.1, 0.15) is 11.3 Å². The molecule has 3 rings (SSSR count). The number of imide groups is 1. The zero-order valence-corrected chi connectivity index (χ0v) is 12.6. The van der Waals surface area contributed by atoms with E-state index >= 15 is 0 Å². The first-order valence-electron chi connectivity index (χ1n) is 6.66. The molecule has 4 nitrogen and oxygen atoms in total. The number of halogens is 1. The third kappa shape index (κ3) is 2.69. The fourth-order valence-corrected chi connectivity index (χ4v) is 3.01. The highest BCUT2D eigenvalue weighted by Gasteiger charge is 2.35. The lowest BCUT2D eigenvalue weighted by Gasteiger charge is -2.12. The van der Waals surface area contributed by atoms with E-state index in [-0.39, 0.29) is 17.7 Å². The lowest BCUT2D eigenvalue weighted by Crippen LogP contribution is -2.27. The van der Waals surface area contributed by atoms with Crippen LogP contribution in [0.15, 0.2) is 47.5 Å². The summed E-state index contributed by atoms with van der Waals surface area (Å²) >= 11 is 0.877. The number of aromatic nitrogens is 1. The summed E-state index contributed by atoms with van der Waals surface area (Å²) in [4.78, 5) is 25.8. The van der Waals surface area contributed by atoms with Gasteiger partial charge in [0.15, 0.2) is 0 Å². The lowest BCUT2D eigenvalue weighted by atomic mass is 10.2. The van der Waals surface area contributed by atoms with E-state index in [2.05, 4.69) is 0 Å². The summed E-state index contributed by atoms with van der Waals surface area (Å²) in [6, 6.07) is 9.84. The van der Waals surface area contributed by atoms with Gasteiger partial charge in [0.1, 0.15) is 5.82 Å². The molecule has 1 saturated heterocycles. The van der Waals surface area contributed by atoms with Crippen molar-refractivity contribution in [2.45, 2.75) is 6.54 Å². The van der Waals surface area contributed by atoms with Crippen molar-refractivity contribution in [3.8, 4) is 0 Å². The second kappa shape index (κ2) is 5.81. The van der Waals surface area contributed by atoms with Gasteiger partial charge in [-0.05, 0) is 36.0 Å². The number of benzene rings is 1. The maximum absolute atomic E-state index is 13.7. The van der Waals surface area contributed by atoms with Crippen molar-refractivity contribution in [1.29, 1.82) is 0 Å². The van der Waals surface area contributed by atoms with Crippen LogP contribution in [0, 0.1) is 5.82 Å². The summed E-state index contributed by atoms with van der Waals surface area (Å²) in [7, 11) is 1.86. The Morgan fingerprint density at radius 2 is 1.95 bits per heavy atom. The largest absolute Gasteiger partial charge is 0.351 e. The van der Waals surface area contributed by atoms with Gasteiger partial charge in [0.05, 0.1) is 11.4 Å². The SMILES string of the molecule is Cn1cccc1/C=C1/SC(=O)N(Cc2ccccc2F)C1=O. The molecule has 1 aliphatic heterocycles. The van der Waals surface area contributed by atoms with Crippen LogP contribution in [-0.2, 0) is 18.4 Å². The van der Waals surface area contributed by atoms with Crippen molar-refractivity contribution in [1.82, 2.24) is 9.47 Å². The number of hydrogen-bond donors (Lipinski definition) is 0. The zero-order chi connectivity index (χ0) is 15.7. The average Bonchev–Trinajstić information content (AvgIpc) is 3.00. The quantitative estimate of drug-likeness (QED) is 0.815. The average molecular weight is 316 g/mol. The molecule has 0 aliphatic carbocycles. The number of nitrogens with zero attached hydrogens (tertiary/aromatic N) is 2. The number of aryl methyl sites for hydroxylation is 1. The topological polar surface area (TPSA) is 42.3 Å². The van der Waals surface area contributed by atoms with Gasteiger partial charge in [-0.1, -0.05) is 18.2 Å². The normalized spacial score (nSPS) is 16.8. The van der Waals surface area contributed by atoms with Crippen LogP contribution in [0.4, 0.5) is 9.18 Å². The number of amides is 2. The van der Waals surface area contributed by atoms with Gasteiger partial charge in [0.25, 0.3) is 11.1 Å². The molecule has 22 heavy (non-hydrogen) atoms. The van der Waals surface area contributed by atoms with Crippen LogP contribution >= 0.6 is 11.8 Å². The fourth-order valence-electron chi connectivity index (χ4n) is 2.19. The molecule has 1 aromatic carbocycles. The Balaban J connectivity index is 1.85. The summed E-state index contributed by atoms with van der Waals surface area (Å²) in [6.07, 6.45) is 3.53. The van der Waals surface area contributed by atoms with Crippen LogP contribution in [0.5, 0.6) is 0 Å². The van der Waals surface area contributed by atoms with E-state index in [0.717, 1.165) is 22.4 Å². The predicted molar refractivity (Wildman–Crippen MR) is 83.3 cm³/mol. The maximum Gasteiger partial charge on any atom is 0.293 e. The van der Waals surface area contributed by atoms with E-state index in [1.165, 1.54) is 6.07 Å². The first-order valence-corrected chi connectivity index (χ1v) is 7.48. The number of hydrogen-bond acceptors (Lipinski definition) is 3. The van der Waals surface area contributed by atoms with Crippen molar-refractivity contribution in [2.75, 3.05) is 0 Å². The third-order valence-electron chi connectivity index (χ3n) is 3.42.